The van der Waals surface area contributed by atoms with Crippen LogP contribution in [0.15, 0.2) is 11.6 Å². The van der Waals surface area contributed by atoms with Gasteiger partial charge in [-0.3, -0.25) is 18.9 Å². The molecule has 29 heavy (non-hydrogen) atoms. The van der Waals surface area contributed by atoms with E-state index in [-0.39, 0.29) is 11.8 Å². The predicted octanol–water partition coefficient (Wildman–Crippen LogP) is 2.69. The molecule has 0 aromatic carbocycles. The summed E-state index contributed by atoms with van der Waals surface area (Å²) in [5.41, 5.74) is 1.49. The van der Waals surface area contributed by atoms with Crippen molar-refractivity contribution in [2.45, 2.75) is 57.9 Å². The van der Waals surface area contributed by atoms with Gasteiger partial charge in [-0.1, -0.05) is 6.42 Å². The van der Waals surface area contributed by atoms with Crippen molar-refractivity contribution in [3.05, 3.63) is 23.0 Å². The van der Waals surface area contributed by atoms with Gasteiger partial charge in [-0.2, -0.15) is 0 Å². The summed E-state index contributed by atoms with van der Waals surface area (Å²) in [6.07, 6.45) is 8.76. The lowest BCUT2D eigenvalue weighted by Crippen LogP contribution is -2.44. The van der Waals surface area contributed by atoms with Crippen molar-refractivity contribution < 1.29 is 9.59 Å². The van der Waals surface area contributed by atoms with Crippen LogP contribution in [-0.2, 0) is 4.79 Å². The first kappa shape index (κ1) is 20.3. The maximum absolute atomic E-state index is 13.4. The van der Waals surface area contributed by atoms with Crippen molar-refractivity contribution in [1.82, 2.24) is 24.5 Å². The number of nitrogens with one attached hydrogen (secondary N) is 1. The maximum Gasteiger partial charge on any atom is 0.272 e. The van der Waals surface area contributed by atoms with Gasteiger partial charge in [0.15, 0.2) is 4.96 Å². The Morgan fingerprint density at radius 3 is 2.83 bits per heavy atom. The molecule has 158 valence electrons. The molecule has 2 saturated heterocycles. The Morgan fingerprint density at radius 1 is 1.14 bits per heavy atom. The second-order valence-electron chi connectivity index (χ2n) is 8.19. The average molecular weight is 418 g/mol. The molecule has 2 aliphatic heterocycles. The summed E-state index contributed by atoms with van der Waals surface area (Å²) in [6.45, 7) is 6.08. The Bertz CT molecular complexity index is 860. The van der Waals surface area contributed by atoms with Gasteiger partial charge in [0.05, 0.1) is 5.69 Å². The van der Waals surface area contributed by atoms with Gasteiger partial charge in [0.2, 0.25) is 5.91 Å². The van der Waals surface area contributed by atoms with Crippen LogP contribution in [0.4, 0.5) is 0 Å². The molecule has 0 spiro atoms. The number of hydrogen-bond donors (Lipinski definition) is 1. The second kappa shape index (κ2) is 9.26. The highest BCUT2D eigenvalue weighted by Gasteiger charge is 2.26. The number of rotatable bonds is 1. The van der Waals surface area contributed by atoms with E-state index in [1.54, 1.807) is 11.3 Å². The number of aryl methyl sites for hydroxylation is 1. The first-order chi connectivity index (χ1) is 14.1. The zero-order chi connectivity index (χ0) is 20.2. The van der Waals surface area contributed by atoms with Gasteiger partial charge < -0.3 is 10.2 Å². The SMILES string of the molecule is Cc1nc2sccn2c1C(=O)N1CCCCNC(=O)CC2CCCCN2CCC1. The van der Waals surface area contributed by atoms with Crippen molar-refractivity contribution >= 4 is 28.1 Å². The van der Waals surface area contributed by atoms with Crippen LogP contribution in [0.5, 0.6) is 0 Å². The summed E-state index contributed by atoms with van der Waals surface area (Å²) >= 11 is 1.55. The van der Waals surface area contributed by atoms with Gasteiger partial charge in [-0.25, -0.2) is 4.98 Å². The molecule has 8 heteroatoms. The number of aromatic nitrogens is 2. The molecule has 7 nitrogen and oxygen atoms in total. The van der Waals surface area contributed by atoms with E-state index in [0.717, 1.165) is 62.5 Å². The van der Waals surface area contributed by atoms with E-state index in [2.05, 4.69) is 15.2 Å². The van der Waals surface area contributed by atoms with Gasteiger partial charge in [0.1, 0.15) is 5.69 Å². The van der Waals surface area contributed by atoms with Crippen LogP contribution < -0.4 is 5.32 Å². The number of carbonyl (C=O) groups excluding carboxylic acids is 2. The fourth-order valence-corrected chi connectivity index (χ4v) is 5.37. The Morgan fingerprint density at radius 2 is 1.93 bits per heavy atom. The molecular weight excluding hydrogens is 386 g/mol. The summed E-state index contributed by atoms with van der Waals surface area (Å²) in [5.74, 6) is 0.242. The standard InChI is InChI=1S/C21H31N5O2S/c1-16-19(26-13-14-29-21(26)23-16)20(28)25-10-5-3-8-22-18(27)15-17-7-2-4-9-24(17)11-6-12-25/h13-14,17H,2-12,15H2,1H3,(H,22,27). The quantitative estimate of drug-likeness (QED) is 0.775. The average Bonchev–Trinajstić information content (AvgIpc) is 3.26. The molecule has 1 N–H and O–H groups in total. The fraction of sp³-hybridized carbons (Fsp3) is 0.667. The van der Waals surface area contributed by atoms with Crippen molar-refractivity contribution in [1.29, 1.82) is 0 Å². The summed E-state index contributed by atoms with van der Waals surface area (Å²) in [7, 11) is 0. The van der Waals surface area contributed by atoms with Gasteiger partial charge in [-0.05, 0) is 45.6 Å². The molecule has 2 aromatic heterocycles. The Hall–Kier alpha value is -1.93. The van der Waals surface area contributed by atoms with E-state index < -0.39 is 0 Å². The lowest BCUT2D eigenvalue weighted by molar-refractivity contribution is -0.122. The first-order valence-electron chi connectivity index (χ1n) is 10.9. The number of hydrogen-bond acceptors (Lipinski definition) is 5. The molecule has 2 aliphatic rings. The maximum atomic E-state index is 13.4. The lowest BCUT2D eigenvalue weighted by Gasteiger charge is -2.35. The fourth-order valence-electron chi connectivity index (χ4n) is 4.61. The third-order valence-corrected chi connectivity index (χ3v) is 6.90. The zero-order valence-corrected chi connectivity index (χ0v) is 18.0. The lowest BCUT2D eigenvalue weighted by atomic mass is 9.98. The van der Waals surface area contributed by atoms with Gasteiger partial charge in [-0.15, -0.1) is 11.3 Å². The molecule has 4 heterocycles. The number of piperidine rings is 1. The van der Waals surface area contributed by atoms with Gasteiger partial charge in [0, 0.05) is 50.2 Å². The molecule has 2 amide bonds. The van der Waals surface area contributed by atoms with E-state index in [1.807, 2.05) is 27.8 Å². The number of amides is 2. The molecule has 1 unspecified atom stereocenters. The molecular formula is C21H31N5O2S. The summed E-state index contributed by atoms with van der Waals surface area (Å²) in [5, 5.41) is 5.04. The normalized spacial score (nSPS) is 23.0. The molecule has 0 saturated carbocycles. The topological polar surface area (TPSA) is 70.0 Å². The van der Waals surface area contributed by atoms with E-state index in [0.29, 0.717) is 24.7 Å². The van der Waals surface area contributed by atoms with Crippen molar-refractivity contribution in [2.24, 2.45) is 0 Å². The number of imidazole rings is 1. The minimum Gasteiger partial charge on any atom is -0.356 e. The number of thiazole rings is 1. The van der Waals surface area contributed by atoms with E-state index in [1.165, 1.54) is 12.8 Å². The smallest absolute Gasteiger partial charge is 0.272 e. The van der Waals surface area contributed by atoms with Crippen molar-refractivity contribution in [3.8, 4) is 0 Å². The number of nitrogens with zero attached hydrogens (tertiary/aromatic N) is 4. The predicted molar refractivity (Wildman–Crippen MR) is 114 cm³/mol. The Balaban J connectivity index is 1.49. The summed E-state index contributed by atoms with van der Waals surface area (Å²) < 4.78 is 1.92. The molecule has 2 fully saturated rings. The van der Waals surface area contributed by atoms with Crippen molar-refractivity contribution in [3.63, 3.8) is 0 Å². The Labute approximate surface area is 176 Å². The van der Waals surface area contributed by atoms with Crippen molar-refractivity contribution in [2.75, 3.05) is 32.7 Å². The molecule has 1 atom stereocenters. The molecule has 0 bridgehead atoms. The number of carbonyl (C=O) groups is 2. The van der Waals surface area contributed by atoms with E-state index in [9.17, 15) is 9.59 Å². The van der Waals surface area contributed by atoms with Crippen LogP contribution in [-0.4, -0.2) is 69.8 Å². The first-order valence-corrected chi connectivity index (χ1v) is 11.7. The van der Waals surface area contributed by atoms with Gasteiger partial charge >= 0.3 is 0 Å². The largest absolute Gasteiger partial charge is 0.356 e. The second-order valence-corrected chi connectivity index (χ2v) is 9.07. The highest BCUT2D eigenvalue weighted by molar-refractivity contribution is 7.15. The third kappa shape index (κ3) is 4.64. The molecule has 0 radical (unpaired) electrons. The Kier molecular flexibility index (Phi) is 6.50. The summed E-state index contributed by atoms with van der Waals surface area (Å²) in [6, 6.07) is 0.344. The third-order valence-electron chi connectivity index (χ3n) is 6.15. The van der Waals surface area contributed by atoms with Crippen LogP contribution >= 0.6 is 11.3 Å². The van der Waals surface area contributed by atoms with Crippen LogP contribution in [0.3, 0.4) is 0 Å². The minimum absolute atomic E-state index is 0.0718. The van der Waals surface area contributed by atoms with Crippen LogP contribution in [0, 0.1) is 6.92 Å². The minimum atomic E-state index is 0.0718. The highest BCUT2D eigenvalue weighted by atomic mass is 32.1. The molecule has 0 aliphatic carbocycles. The molecule has 4 rings (SSSR count). The highest BCUT2D eigenvalue weighted by Crippen LogP contribution is 2.22. The zero-order valence-electron chi connectivity index (χ0n) is 17.2. The van der Waals surface area contributed by atoms with Crippen LogP contribution in [0.1, 0.15) is 61.1 Å². The number of fused-ring (bicyclic) bond motifs is 2. The van der Waals surface area contributed by atoms with Crippen LogP contribution in [0.2, 0.25) is 0 Å². The van der Waals surface area contributed by atoms with E-state index >= 15 is 0 Å². The van der Waals surface area contributed by atoms with Gasteiger partial charge in [0.25, 0.3) is 5.91 Å². The summed E-state index contributed by atoms with van der Waals surface area (Å²) in [4.78, 5) is 35.6. The monoisotopic (exact) mass is 417 g/mol. The van der Waals surface area contributed by atoms with E-state index in [4.69, 9.17) is 0 Å². The van der Waals surface area contributed by atoms with Crippen LogP contribution in [0.25, 0.3) is 4.96 Å². The molecule has 2 aromatic rings.